The highest BCUT2D eigenvalue weighted by atomic mass is 16.3. The number of furan rings is 1. The topological polar surface area (TPSA) is 60.2 Å². The number of nitrogens with zero attached hydrogens (tertiary/aromatic N) is 3. The van der Waals surface area contributed by atoms with Crippen LogP contribution >= 0.6 is 0 Å². The van der Waals surface area contributed by atoms with Crippen LogP contribution in [0.5, 0.6) is 0 Å². The Labute approximate surface area is 119 Å². The normalized spacial score (nSPS) is 16.8. The van der Waals surface area contributed by atoms with Crippen molar-refractivity contribution in [2.75, 3.05) is 6.54 Å². The molecule has 3 rings (SSSR count). The van der Waals surface area contributed by atoms with E-state index < -0.39 is 0 Å². The van der Waals surface area contributed by atoms with Crippen LogP contribution in [-0.2, 0) is 13.1 Å². The second kappa shape index (κ2) is 5.81. The molecular formula is C15H22N4O. The minimum Gasteiger partial charge on any atom is -0.468 e. The zero-order chi connectivity index (χ0) is 13.9. The van der Waals surface area contributed by atoms with Gasteiger partial charge in [0.1, 0.15) is 5.76 Å². The quantitative estimate of drug-likeness (QED) is 0.840. The summed E-state index contributed by atoms with van der Waals surface area (Å²) in [7, 11) is 0. The van der Waals surface area contributed by atoms with Gasteiger partial charge >= 0.3 is 0 Å². The molecule has 0 saturated heterocycles. The molecule has 1 fully saturated rings. The zero-order valence-corrected chi connectivity index (χ0v) is 11.9. The molecule has 1 aliphatic rings. The molecule has 0 spiro atoms. The number of aryl methyl sites for hydroxylation is 1. The van der Waals surface area contributed by atoms with Gasteiger partial charge in [-0.3, -0.25) is 4.90 Å². The number of nitrogens with two attached hydrogens (primary N) is 1. The van der Waals surface area contributed by atoms with Crippen molar-refractivity contribution in [2.45, 2.75) is 44.9 Å². The first-order valence-corrected chi connectivity index (χ1v) is 7.31. The van der Waals surface area contributed by atoms with Crippen LogP contribution in [0.3, 0.4) is 0 Å². The predicted molar refractivity (Wildman–Crippen MR) is 77.0 cm³/mol. The summed E-state index contributed by atoms with van der Waals surface area (Å²) in [4.78, 5) is 6.74. The van der Waals surface area contributed by atoms with E-state index in [0.29, 0.717) is 12.6 Å². The molecule has 5 heteroatoms. The van der Waals surface area contributed by atoms with Crippen LogP contribution in [0.2, 0.25) is 0 Å². The summed E-state index contributed by atoms with van der Waals surface area (Å²) in [5.74, 6) is 0.998. The number of aromatic nitrogens is 2. The van der Waals surface area contributed by atoms with Gasteiger partial charge in [-0.15, -0.1) is 0 Å². The van der Waals surface area contributed by atoms with Crippen molar-refractivity contribution < 1.29 is 4.42 Å². The van der Waals surface area contributed by atoms with Gasteiger partial charge in [0.2, 0.25) is 0 Å². The molecule has 1 aliphatic carbocycles. The highest BCUT2D eigenvalue weighted by molar-refractivity contribution is 5.10. The van der Waals surface area contributed by atoms with E-state index in [4.69, 9.17) is 10.2 Å². The van der Waals surface area contributed by atoms with E-state index in [0.717, 1.165) is 18.8 Å². The standard InChI is InChI=1S/C15H22N4O/c1-2-18-11-17-9-15(18)14(8-16)19(12-5-6-12)10-13-4-3-7-20-13/h3-4,7,9,11-12,14H,2,5-6,8,10,16H2,1H3. The Kier molecular flexibility index (Phi) is 3.89. The Bertz CT molecular complexity index is 530. The molecule has 0 amide bonds. The minimum atomic E-state index is 0.204. The fourth-order valence-electron chi connectivity index (χ4n) is 2.78. The monoisotopic (exact) mass is 274 g/mol. The van der Waals surface area contributed by atoms with Crippen LogP contribution in [0.15, 0.2) is 35.3 Å². The summed E-state index contributed by atoms with van der Waals surface area (Å²) in [6.45, 7) is 4.47. The Morgan fingerprint density at radius 2 is 2.40 bits per heavy atom. The van der Waals surface area contributed by atoms with E-state index in [1.165, 1.54) is 18.5 Å². The van der Waals surface area contributed by atoms with Crippen molar-refractivity contribution in [3.63, 3.8) is 0 Å². The van der Waals surface area contributed by atoms with E-state index >= 15 is 0 Å². The van der Waals surface area contributed by atoms with E-state index in [1.54, 1.807) is 6.26 Å². The molecule has 1 atom stereocenters. The summed E-state index contributed by atoms with van der Waals surface area (Å²) in [6.07, 6.45) is 8.05. The Balaban J connectivity index is 1.84. The summed E-state index contributed by atoms with van der Waals surface area (Å²) >= 11 is 0. The third-order valence-electron chi connectivity index (χ3n) is 3.98. The first kappa shape index (κ1) is 13.4. The van der Waals surface area contributed by atoms with Gasteiger partial charge in [-0.2, -0.15) is 0 Å². The molecule has 0 aliphatic heterocycles. The second-order valence-electron chi connectivity index (χ2n) is 5.34. The Morgan fingerprint density at radius 3 is 3.00 bits per heavy atom. The number of rotatable bonds is 7. The summed E-state index contributed by atoms with van der Waals surface area (Å²) < 4.78 is 7.68. The smallest absolute Gasteiger partial charge is 0.117 e. The molecule has 2 aromatic heterocycles. The van der Waals surface area contributed by atoms with E-state index in [2.05, 4.69) is 21.4 Å². The largest absolute Gasteiger partial charge is 0.468 e. The predicted octanol–water partition coefficient (Wildman–Crippen LogP) is 2.16. The molecular weight excluding hydrogens is 252 g/mol. The van der Waals surface area contributed by atoms with Crippen LogP contribution in [0.25, 0.3) is 0 Å². The van der Waals surface area contributed by atoms with Crippen molar-refractivity contribution in [1.82, 2.24) is 14.5 Å². The van der Waals surface area contributed by atoms with Gasteiger partial charge in [-0.1, -0.05) is 0 Å². The van der Waals surface area contributed by atoms with Gasteiger partial charge in [0, 0.05) is 25.3 Å². The van der Waals surface area contributed by atoms with E-state index in [-0.39, 0.29) is 6.04 Å². The molecule has 0 bridgehead atoms. The van der Waals surface area contributed by atoms with Gasteiger partial charge in [-0.05, 0) is 31.9 Å². The van der Waals surface area contributed by atoms with E-state index in [9.17, 15) is 0 Å². The van der Waals surface area contributed by atoms with Crippen LogP contribution in [0.4, 0.5) is 0 Å². The number of hydrogen-bond acceptors (Lipinski definition) is 4. The lowest BCUT2D eigenvalue weighted by Crippen LogP contribution is -2.36. The highest BCUT2D eigenvalue weighted by Gasteiger charge is 2.35. The molecule has 108 valence electrons. The van der Waals surface area contributed by atoms with Gasteiger partial charge < -0.3 is 14.7 Å². The molecule has 0 aromatic carbocycles. The number of hydrogen-bond donors (Lipinski definition) is 1. The minimum absolute atomic E-state index is 0.204. The molecule has 20 heavy (non-hydrogen) atoms. The van der Waals surface area contributed by atoms with Crippen molar-refractivity contribution in [3.05, 3.63) is 42.4 Å². The zero-order valence-electron chi connectivity index (χ0n) is 11.9. The Morgan fingerprint density at radius 1 is 1.55 bits per heavy atom. The van der Waals surface area contributed by atoms with E-state index in [1.807, 2.05) is 24.7 Å². The average Bonchev–Trinajstić information content (AvgIpc) is 2.99. The number of imidazole rings is 1. The van der Waals surface area contributed by atoms with Crippen LogP contribution < -0.4 is 5.73 Å². The highest BCUT2D eigenvalue weighted by Crippen LogP contribution is 2.35. The third-order valence-corrected chi connectivity index (χ3v) is 3.98. The first-order valence-electron chi connectivity index (χ1n) is 7.31. The molecule has 0 radical (unpaired) electrons. The van der Waals surface area contributed by atoms with Crippen molar-refractivity contribution >= 4 is 0 Å². The van der Waals surface area contributed by atoms with Gasteiger partial charge in [0.25, 0.3) is 0 Å². The second-order valence-corrected chi connectivity index (χ2v) is 5.34. The van der Waals surface area contributed by atoms with Crippen molar-refractivity contribution in [2.24, 2.45) is 5.73 Å². The lowest BCUT2D eigenvalue weighted by molar-refractivity contribution is 0.162. The SMILES string of the molecule is CCn1cncc1C(CN)N(Cc1ccco1)C1CC1. The molecule has 5 nitrogen and oxygen atoms in total. The molecule has 1 saturated carbocycles. The van der Waals surface area contributed by atoms with Gasteiger partial charge in [-0.25, -0.2) is 4.98 Å². The fourth-order valence-corrected chi connectivity index (χ4v) is 2.78. The summed E-state index contributed by atoms with van der Waals surface area (Å²) in [5.41, 5.74) is 7.27. The van der Waals surface area contributed by atoms with Crippen LogP contribution in [0, 0.1) is 0 Å². The van der Waals surface area contributed by atoms with Crippen molar-refractivity contribution in [1.29, 1.82) is 0 Å². The maximum Gasteiger partial charge on any atom is 0.117 e. The third kappa shape index (κ3) is 2.64. The van der Waals surface area contributed by atoms with Gasteiger partial charge in [0.05, 0.1) is 30.9 Å². The van der Waals surface area contributed by atoms with Crippen LogP contribution in [0.1, 0.15) is 37.3 Å². The first-order chi connectivity index (χ1) is 9.83. The molecule has 1 unspecified atom stereocenters. The lowest BCUT2D eigenvalue weighted by Gasteiger charge is -2.30. The fraction of sp³-hybridized carbons (Fsp3) is 0.533. The molecule has 2 N–H and O–H groups in total. The summed E-state index contributed by atoms with van der Waals surface area (Å²) in [6, 6.07) is 4.79. The summed E-state index contributed by atoms with van der Waals surface area (Å²) in [5, 5.41) is 0. The molecule has 2 aromatic rings. The average molecular weight is 274 g/mol. The van der Waals surface area contributed by atoms with Gasteiger partial charge in [0.15, 0.2) is 0 Å². The Hall–Kier alpha value is -1.59. The molecule has 2 heterocycles. The lowest BCUT2D eigenvalue weighted by atomic mass is 10.1. The van der Waals surface area contributed by atoms with Crippen molar-refractivity contribution in [3.8, 4) is 0 Å². The maximum atomic E-state index is 6.07. The van der Waals surface area contributed by atoms with Crippen LogP contribution in [-0.4, -0.2) is 27.0 Å². The maximum absolute atomic E-state index is 6.07.